The Balaban J connectivity index is 0. The van der Waals surface area contributed by atoms with Crippen molar-refractivity contribution in [3.8, 4) is 0 Å². The van der Waals surface area contributed by atoms with Crippen LogP contribution in [0.2, 0.25) is 0 Å². The molecule has 0 fully saturated rings. The van der Waals surface area contributed by atoms with E-state index in [1.165, 1.54) is 0 Å². The van der Waals surface area contributed by atoms with E-state index in [4.69, 9.17) is 29.9 Å². The van der Waals surface area contributed by atoms with Crippen LogP contribution in [-0.4, -0.2) is 25.8 Å². The van der Waals surface area contributed by atoms with Gasteiger partial charge >= 0.3 is 40.8 Å². The van der Waals surface area contributed by atoms with Gasteiger partial charge < -0.3 is 10.2 Å². The first-order valence-electron chi connectivity index (χ1n) is 1.67. The standard InChI is InChI=1S/C2H2O4.Nb.H2O.2O/c3-1(4)2(5)6;;;;/h(H,3,4)(H,5,6);;1H2;;/q;+1;;;/p-1. The molecule has 0 amide bonds. The summed E-state index contributed by atoms with van der Waals surface area (Å²) >= 11 is -3.95. The molecule has 3 N–H and O–H groups in total. The van der Waals surface area contributed by atoms with Crippen molar-refractivity contribution in [1.82, 2.24) is 0 Å². The summed E-state index contributed by atoms with van der Waals surface area (Å²) in [6, 6.07) is 0. The molecule has 0 heterocycles. The number of aliphatic carboxylic acids is 2. The van der Waals surface area contributed by atoms with Crippen LogP contribution in [0, 0.1) is 0 Å². The Morgan fingerprint density at radius 1 is 1.00 bits per heavy atom. The molecule has 7 nitrogen and oxygen atoms in total. The zero-order valence-corrected chi connectivity index (χ0v) is 6.62. The van der Waals surface area contributed by atoms with Gasteiger partial charge in [0.15, 0.2) is 0 Å². The molecule has 0 radical (unpaired) electrons. The molecule has 0 saturated heterocycles. The van der Waals surface area contributed by atoms with Crippen molar-refractivity contribution in [1.29, 1.82) is 0 Å². The quantitative estimate of drug-likeness (QED) is 0.337. The van der Waals surface area contributed by atoms with Crippen molar-refractivity contribution in [3.05, 3.63) is 0 Å². The van der Waals surface area contributed by atoms with Crippen LogP contribution < -0.4 is 0 Å². The van der Waals surface area contributed by atoms with Crippen LogP contribution in [-0.2, 0) is 34.9 Å². The van der Waals surface area contributed by atoms with Gasteiger partial charge in [-0.2, -0.15) is 0 Å². The first-order valence-corrected chi connectivity index (χ1v) is 4.45. The second-order valence-electron chi connectivity index (χ2n) is 0.848. The number of carbonyl (C=O) groups is 2. The summed E-state index contributed by atoms with van der Waals surface area (Å²) in [5.41, 5.74) is 0. The van der Waals surface area contributed by atoms with E-state index in [0.29, 0.717) is 0 Å². The summed E-state index contributed by atoms with van der Waals surface area (Å²) in [5, 5.41) is 14.8. The van der Waals surface area contributed by atoms with E-state index < -0.39 is 30.7 Å². The fourth-order valence-corrected chi connectivity index (χ4v) is 0. The number of rotatable bonds is 0. The van der Waals surface area contributed by atoms with E-state index in [1.807, 2.05) is 0 Å². The number of hydrogen-bond donors (Lipinski definition) is 3. The van der Waals surface area contributed by atoms with E-state index in [0.717, 1.165) is 0 Å². The Morgan fingerprint density at radius 3 is 1.10 bits per heavy atom. The normalized spacial score (nSPS) is 6.90. The van der Waals surface area contributed by atoms with Crippen molar-refractivity contribution in [2.75, 3.05) is 0 Å². The van der Waals surface area contributed by atoms with Crippen LogP contribution in [0.25, 0.3) is 0 Å². The molecule has 10 heavy (non-hydrogen) atoms. The topological polar surface area (TPSA) is 129 Å². The van der Waals surface area contributed by atoms with Crippen molar-refractivity contribution in [2.24, 2.45) is 0 Å². The molecule has 0 aliphatic carbocycles. The van der Waals surface area contributed by atoms with E-state index in [1.54, 1.807) is 0 Å². The third kappa shape index (κ3) is 26.9. The minimum absolute atomic E-state index is 1.82. The molecular formula is C2H3NbO7. The maximum absolute atomic E-state index is 9.10. The number of carboxylic acid groups (broad SMARTS) is 2. The first-order chi connectivity index (χ1) is 4.37. The number of carboxylic acids is 2. The molecule has 0 rings (SSSR count). The Morgan fingerprint density at radius 2 is 1.10 bits per heavy atom. The molecule has 0 saturated carbocycles. The molecule has 0 spiro atoms. The van der Waals surface area contributed by atoms with Gasteiger partial charge in [-0.25, -0.2) is 9.59 Å². The first kappa shape index (κ1) is 12.0. The second kappa shape index (κ2) is 6.36. The fourth-order valence-electron chi connectivity index (χ4n) is 0. The monoisotopic (exact) mass is 232 g/mol. The summed E-state index contributed by atoms with van der Waals surface area (Å²) < 4.78 is 24.6. The van der Waals surface area contributed by atoms with Gasteiger partial charge in [-0.3, -0.25) is 0 Å². The van der Waals surface area contributed by atoms with Crippen LogP contribution in [0.3, 0.4) is 0 Å². The maximum atomic E-state index is 9.10. The third-order valence-corrected chi connectivity index (χ3v) is 0.183. The van der Waals surface area contributed by atoms with E-state index in [-0.39, 0.29) is 0 Å². The van der Waals surface area contributed by atoms with E-state index >= 15 is 0 Å². The molecule has 0 aliphatic rings. The average molecular weight is 232 g/mol. The summed E-state index contributed by atoms with van der Waals surface area (Å²) in [4.78, 5) is 18.2. The summed E-state index contributed by atoms with van der Waals surface area (Å²) in [6.45, 7) is 0. The van der Waals surface area contributed by atoms with Crippen molar-refractivity contribution in [3.63, 3.8) is 0 Å². The van der Waals surface area contributed by atoms with E-state index in [9.17, 15) is 0 Å². The predicted molar refractivity (Wildman–Crippen MR) is 18.9 cm³/mol. The van der Waals surface area contributed by atoms with Crippen LogP contribution in [0.4, 0.5) is 0 Å². The van der Waals surface area contributed by atoms with Gasteiger partial charge in [0.2, 0.25) is 0 Å². The summed E-state index contributed by atoms with van der Waals surface area (Å²) in [5.74, 6) is -3.65. The van der Waals surface area contributed by atoms with Gasteiger partial charge in [-0.1, -0.05) is 0 Å². The van der Waals surface area contributed by atoms with Crippen molar-refractivity contribution < 1.29 is 48.7 Å². The van der Waals surface area contributed by atoms with Crippen LogP contribution >= 0.6 is 0 Å². The average Bonchev–Trinajstić information content (AvgIpc) is 1.63. The zero-order valence-electron chi connectivity index (χ0n) is 4.42. The van der Waals surface area contributed by atoms with Crippen LogP contribution in [0.15, 0.2) is 0 Å². The summed E-state index contributed by atoms with van der Waals surface area (Å²) in [6.07, 6.45) is 0. The predicted octanol–water partition coefficient (Wildman–Crippen LogP) is -1.64. The molecule has 0 atom stereocenters. The fraction of sp³-hybridized carbons (Fsp3) is 0. The van der Waals surface area contributed by atoms with Crippen LogP contribution in [0.1, 0.15) is 0 Å². The van der Waals surface area contributed by atoms with Crippen LogP contribution in [0.5, 0.6) is 0 Å². The van der Waals surface area contributed by atoms with Gasteiger partial charge in [0, 0.05) is 0 Å². The van der Waals surface area contributed by atoms with Gasteiger partial charge in [0.25, 0.3) is 0 Å². The Labute approximate surface area is 61.2 Å². The van der Waals surface area contributed by atoms with Gasteiger partial charge in [0.1, 0.15) is 0 Å². The van der Waals surface area contributed by atoms with E-state index in [2.05, 4.69) is 0 Å². The number of hydrogen-bond acceptors (Lipinski definition) is 4. The zero-order chi connectivity index (χ0) is 8.73. The Hall–Kier alpha value is -0.760. The second-order valence-corrected chi connectivity index (χ2v) is 2.02. The molecular weight excluding hydrogens is 229 g/mol. The molecule has 0 aromatic carbocycles. The molecule has 0 aromatic rings. The van der Waals surface area contributed by atoms with Gasteiger partial charge in [-0.05, 0) is 0 Å². The third-order valence-electron chi connectivity index (χ3n) is 0.183. The van der Waals surface area contributed by atoms with Crippen molar-refractivity contribution >= 4 is 11.9 Å². The molecule has 8 heteroatoms. The van der Waals surface area contributed by atoms with Crippen molar-refractivity contribution in [2.45, 2.75) is 0 Å². The SMILES string of the molecule is O=C(O)C(=O)O.[O]=[Nb](=[O])[OH]. The minimum atomic E-state index is -3.95. The summed E-state index contributed by atoms with van der Waals surface area (Å²) in [7, 11) is 0. The van der Waals surface area contributed by atoms with Gasteiger partial charge in [0.05, 0.1) is 0 Å². The molecule has 58 valence electrons. The molecule has 0 unspecified atom stereocenters. The van der Waals surface area contributed by atoms with Gasteiger partial charge in [-0.15, -0.1) is 0 Å². The Kier molecular flexibility index (Phi) is 7.61. The molecule has 0 aromatic heterocycles. The Bertz CT molecular complexity index is 170. The molecule has 0 bridgehead atoms. The molecule has 0 aliphatic heterocycles.